The van der Waals surface area contributed by atoms with Crippen LogP contribution >= 0.6 is 0 Å². The summed E-state index contributed by atoms with van der Waals surface area (Å²) in [6.45, 7) is 5.39. The number of hydrogen-bond donors (Lipinski definition) is 1. The minimum absolute atomic E-state index is 0.0490. The van der Waals surface area contributed by atoms with Gasteiger partial charge in [0.25, 0.3) is 0 Å². The molecule has 1 N–H and O–H groups in total. The second-order valence-corrected chi connectivity index (χ2v) is 9.41. The van der Waals surface area contributed by atoms with Gasteiger partial charge in [-0.2, -0.15) is 0 Å². The molecule has 0 saturated carbocycles. The fourth-order valence-corrected chi connectivity index (χ4v) is 4.09. The van der Waals surface area contributed by atoms with Crippen LogP contribution in [0.3, 0.4) is 0 Å². The second-order valence-electron chi connectivity index (χ2n) is 7.52. The molecule has 0 bridgehead atoms. The van der Waals surface area contributed by atoms with Crippen LogP contribution in [-0.4, -0.2) is 45.5 Å². The summed E-state index contributed by atoms with van der Waals surface area (Å²) in [7, 11) is -2.08. The number of carbonyl (C=O) groups is 1. The second kappa shape index (κ2) is 9.45. The van der Waals surface area contributed by atoms with Gasteiger partial charge in [-0.1, -0.05) is 24.3 Å². The predicted molar refractivity (Wildman–Crippen MR) is 118 cm³/mol. The number of carbonyl (C=O) groups excluding carboxylic acids is 1. The Balaban J connectivity index is 1.53. The van der Waals surface area contributed by atoms with Crippen molar-refractivity contribution in [2.24, 2.45) is 0 Å². The molecule has 0 radical (unpaired) electrons. The highest BCUT2D eigenvalue weighted by Gasteiger charge is 2.23. The van der Waals surface area contributed by atoms with E-state index >= 15 is 0 Å². The Labute approximate surface area is 178 Å². The number of rotatable bonds is 6. The first-order valence-electron chi connectivity index (χ1n) is 10.0. The lowest BCUT2D eigenvalue weighted by atomic mass is 10.1. The number of nitrogens with zero attached hydrogens (tertiary/aromatic N) is 1. The van der Waals surface area contributed by atoms with Crippen molar-refractivity contribution in [2.45, 2.75) is 37.7 Å². The van der Waals surface area contributed by atoms with E-state index in [-0.39, 0.29) is 16.9 Å². The molecule has 7 heteroatoms. The number of benzene rings is 2. The Morgan fingerprint density at radius 2 is 1.77 bits per heavy atom. The molecule has 2 aromatic carbocycles. The zero-order valence-electron chi connectivity index (χ0n) is 17.6. The zero-order chi connectivity index (χ0) is 21.7. The number of aryl methyl sites for hydroxylation is 2. The van der Waals surface area contributed by atoms with Gasteiger partial charge in [-0.15, -0.1) is 0 Å². The van der Waals surface area contributed by atoms with E-state index in [4.69, 9.17) is 4.74 Å². The molecule has 6 nitrogen and oxygen atoms in total. The first kappa shape index (κ1) is 22.1. The van der Waals surface area contributed by atoms with E-state index in [2.05, 4.69) is 22.9 Å². The summed E-state index contributed by atoms with van der Waals surface area (Å²) in [6.07, 6.45) is 4.94. The van der Waals surface area contributed by atoms with Crippen LogP contribution in [0, 0.1) is 13.8 Å². The maximum absolute atomic E-state index is 12.5. The van der Waals surface area contributed by atoms with Crippen molar-refractivity contribution in [3.8, 4) is 5.75 Å². The first-order valence-corrected chi connectivity index (χ1v) is 11.5. The molecule has 1 fully saturated rings. The highest BCUT2D eigenvalue weighted by molar-refractivity contribution is 7.89. The maximum atomic E-state index is 12.5. The van der Waals surface area contributed by atoms with Crippen molar-refractivity contribution in [1.29, 1.82) is 0 Å². The van der Waals surface area contributed by atoms with Gasteiger partial charge in [-0.25, -0.2) is 13.1 Å². The number of sulfonamides is 1. The van der Waals surface area contributed by atoms with Gasteiger partial charge in [0.15, 0.2) is 0 Å². The first-order chi connectivity index (χ1) is 14.3. The number of ether oxygens (including phenoxy) is 1. The van der Waals surface area contributed by atoms with Gasteiger partial charge >= 0.3 is 0 Å². The van der Waals surface area contributed by atoms with Gasteiger partial charge in [0.2, 0.25) is 15.9 Å². The summed E-state index contributed by atoms with van der Waals surface area (Å²) in [5.41, 5.74) is 3.06. The summed E-state index contributed by atoms with van der Waals surface area (Å²) >= 11 is 0. The molecule has 1 saturated heterocycles. The Morgan fingerprint density at radius 3 is 2.40 bits per heavy atom. The summed E-state index contributed by atoms with van der Waals surface area (Å²) in [5.74, 6) is 0.871. The monoisotopic (exact) mass is 428 g/mol. The van der Waals surface area contributed by atoms with Crippen molar-refractivity contribution < 1.29 is 17.9 Å². The SMILES string of the molecule is CNS(=O)(=O)c1ccc(C=CC(=O)N2CCC(Oc3cc(C)ccc3C)CC2)cc1. The standard InChI is InChI=1S/C23H28N2O4S/c1-17-4-5-18(2)22(16-17)29-20-12-14-25(15-13-20)23(26)11-8-19-6-9-21(10-7-19)30(27,28)24-3/h4-11,16,20,24H,12-15H2,1-3H3. The normalized spacial score (nSPS) is 15.5. The molecule has 0 atom stereocenters. The van der Waals surface area contributed by atoms with Crippen molar-refractivity contribution in [2.75, 3.05) is 20.1 Å². The van der Waals surface area contributed by atoms with E-state index in [9.17, 15) is 13.2 Å². The van der Waals surface area contributed by atoms with E-state index < -0.39 is 10.0 Å². The molecule has 0 aromatic heterocycles. The Morgan fingerprint density at radius 1 is 1.10 bits per heavy atom. The number of amides is 1. The summed E-state index contributed by atoms with van der Waals surface area (Å²) < 4.78 is 32.0. The quantitative estimate of drug-likeness (QED) is 0.717. The third kappa shape index (κ3) is 5.49. The van der Waals surface area contributed by atoms with Crippen LogP contribution in [-0.2, 0) is 14.8 Å². The molecular weight excluding hydrogens is 400 g/mol. The van der Waals surface area contributed by atoms with Crippen LogP contribution in [0.4, 0.5) is 0 Å². The van der Waals surface area contributed by atoms with Crippen LogP contribution in [0.1, 0.15) is 29.5 Å². The minimum Gasteiger partial charge on any atom is -0.490 e. The van der Waals surface area contributed by atoms with Crippen molar-refractivity contribution in [1.82, 2.24) is 9.62 Å². The fourth-order valence-electron chi connectivity index (χ4n) is 3.36. The Kier molecular flexibility index (Phi) is 6.95. The number of piperidine rings is 1. The molecule has 2 aromatic rings. The highest BCUT2D eigenvalue weighted by atomic mass is 32.2. The molecule has 0 unspecified atom stereocenters. The average Bonchev–Trinajstić information content (AvgIpc) is 2.75. The third-order valence-corrected chi connectivity index (χ3v) is 6.70. The van der Waals surface area contributed by atoms with Crippen LogP contribution in [0.15, 0.2) is 53.4 Å². The van der Waals surface area contributed by atoms with Crippen molar-refractivity contribution in [3.05, 3.63) is 65.2 Å². The minimum atomic E-state index is -3.46. The molecule has 0 aliphatic carbocycles. The van der Waals surface area contributed by atoms with E-state index in [0.29, 0.717) is 13.1 Å². The fraction of sp³-hybridized carbons (Fsp3) is 0.348. The predicted octanol–water partition coefficient (Wildman–Crippen LogP) is 3.29. The topological polar surface area (TPSA) is 75.7 Å². The molecule has 30 heavy (non-hydrogen) atoms. The molecular formula is C23H28N2O4S. The van der Waals surface area contributed by atoms with Crippen molar-refractivity contribution >= 4 is 22.0 Å². The van der Waals surface area contributed by atoms with Gasteiger partial charge in [0, 0.05) is 32.0 Å². The van der Waals surface area contributed by atoms with Crippen molar-refractivity contribution in [3.63, 3.8) is 0 Å². The number of nitrogens with one attached hydrogen (secondary N) is 1. The van der Waals surface area contributed by atoms with Gasteiger partial charge in [-0.05, 0) is 61.9 Å². The van der Waals surface area contributed by atoms with Crippen LogP contribution in [0.2, 0.25) is 0 Å². The van der Waals surface area contributed by atoms with E-state index in [1.54, 1.807) is 18.2 Å². The molecule has 1 amide bonds. The number of likely N-dealkylation sites (tertiary alicyclic amines) is 1. The van der Waals surface area contributed by atoms with Crippen LogP contribution in [0.25, 0.3) is 6.08 Å². The maximum Gasteiger partial charge on any atom is 0.246 e. The van der Waals surface area contributed by atoms with Gasteiger partial charge in [0.05, 0.1) is 4.90 Å². The van der Waals surface area contributed by atoms with Crippen LogP contribution < -0.4 is 9.46 Å². The molecule has 160 valence electrons. The lowest BCUT2D eigenvalue weighted by Crippen LogP contribution is -2.41. The Hall–Kier alpha value is -2.64. The highest BCUT2D eigenvalue weighted by Crippen LogP contribution is 2.24. The zero-order valence-corrected chi connectivity index (χ0v) is 18.4. The lowest BCUT2D eigenvalue weighted by molar-refractivity contribution is -0.127. The molecule has 0 spiro atoms. The van der Waals surface area contributed by atoms with Gasteiger partial charge < -0.3 is 9.64 Å². The number of hydrogen-bond acceptors (Lipinski definition) is 4. The average molecular weight is 429 g/mol. The smallest absolute Gasteiger partial charge is 0.246 e. The molecule has 1 heterocycles. The summed E-state index contributed by atoms with van der Waals surface area (Å²) in [5, 5.41) is 0. The van der Waals surface area contributed by atoms with Gasteiger partial charge in [0.1, 0.15) is 11.9 Å². The molecule has 1 aliphatic heterocycles. The van der Waals surface area contributed by atoms with E-state index in [1.165, 1.54) is 30.8 Å². The van der Waals surface area contributed by atoms with E-state index in [1.807, 2.05) is 18.7 Å². The third-order valence-electron chi connectivity index (χ3n) is 5.27. The van der Waals surface area contributed by atoms with Crippen LogP contribution in [0.5, 0.6) is 5.75 Å². The Bertz CT molecular complexity index is 1020. The lowest BCUT2D eigenvalue weighted by Gasteiger charge is -2.32. The molecule has 3 rings (SSSR count). The van der Waals surface area contributed by atoms with Gasteiger partial charge in [-0.3, -0.25) is 4.79 Å². The largest absolute Gasteiger partial charge is 0.490 e. The summed E-state index contributed by atoms with van der Waals surface area (Å²) in [4.78, 5) is 14.5. The summed E-state index contributed by atoms with van der Waals surface area (Å²) in [6, 6.07) is 12.6. The molecule has 1 aliphatic rings. The van der Waals surface area contributed by atoms with E-state index in [0.717, 1.165) is 29.7 Å².